The number of allylic oxidation sites excluding steroid dienone is 2. The normalized spacial score (nSPS) is 20.4. The van der Waals surface area contributed by atoms with Crippen LogP contribution in [-0.4, -0.2) is 44.4 Å². The summed E-state index contributed by atoms with van der Waals surface area (Å²) in [6.07, 6.45) is 15.9. The van der Waals surface area contributed by atoms with Crippen molar-refractivity contribution in [3.05, 3.63) is 48.6 Å². The van der Waals surface area contributed by atoms with Crippen LogP contribution in [-0.2, 0) is 0 Å². The first kappa shape index (κ1) is 15.3. The van der Waals surface area contributed by atoms with Crippen LogP contribution < -0.4 is 5.32 Å². The summed E-state index contributed by atoms with van der Waals surface area (Å²) in [6.45, 7) is 1.08. The number of aliphatic imine (C=N–C) groups is 1. The molecule has 6 nitrogen and oxygen atoms in total. The molecule has 5 rings (SSSR count). The van der Waals surface area contributed by atoms with E-state index < -0.39 is 5.67 Å². The molecule has 3 aliphatic rings. The number of rotatable bonds is 4. The predicted octanol–water partition coefficient (Wildman–Crippen LogP) is 3.40. The Bertz CT molecular complexity index is 979. The Morgan fingerprint density at radius 2 is 2.23 bits per heavy atom. The van der Waals surface area contributed by atoms with E-state index in [1.54, 1.807) is 6.20 Å². The monoisotopic (exact) mass is 350 g/mol. The average Bonchev–Trinajstić information content (AvgIpc) is 3.07. The molecule has 2 aliphatic heterocycles. The minimum Gasteiger partial charge on any atom is -0.351 e. The third kappa shape index (κ3) is 2.60. The van der Waals surface area contributed by atoms with Crippen LogP contribution in [0.1, 0.15) is 24.8 Å². The van der Waals surface area contributed by atoms with Crippen LogP contribution >= 0.6 is 0 Å². The molecule has 0 spiro atoms. The van der Waals surface area contributed by atoms with Gasteiger partial charge in [-0.15, -0.1) is 0 Å². The van der Waals surface area contributed by atoms with Crippen LogP contribution in [0, 0.1) is 0 Å². The molecule has 0 unspecified atom stereocenters. The summed E-state index contributed by atoms with van der Waals surface area (Å²) in [5.41, 5.74) is 1.76. The summed E-state index contributed by atoms with van der Waals surface area (Å²) < 4.78 is 14.1. The number of amidine groups is 1. The van der Waals surface area contributed by atoms with Gasteiger partial charge in [0.15, 0.2) is 0 Å². The first-order valence-corrected chi connectivity index (χ1v) is 8.87. The molecule has 1 aliphatic carbocycles. The molecule has 0 aromatic carbocycles. The zero-order valence-corrected chi connectivity index (χ0v) is 14.2. The van der Waals surface area contributed by atoms with Crippen molar-refractivity contribution >= 4 is 28.4 Å². The maximum atomic E-state index is 14.1. The van der Waals surface area contributed by atoms with E-state index in [0.29, 0.717) is 18.8 Å². The minimum atomic E-state index is -1.10. The maximum Gasteiger partial charge on any atom is 0.224 e. The summed E-state index contributed by atoms with van der Waals surface area (Å²) in [4.78, 5) is 18.5. The number of alkyl halides is 1. The van der Waals surface area contributed by atoms with Crippen molar-refractivity contribution in [2.45, 2.75) is 24.9 Å². The minimum absolute atomic E-state index is 0.268. The lowest BCUT2D eigenvalue weighted by Crippen LogP contribution is -2.39. The number of nitrogens with one attached hydrogen (secondary N) is 2. The molecular formula is C19H19FN6. The lowest BCUT2D eigenvalue weighted by Gasteiger charge is -2.33. The number of hydrogen-bond donors (Lipinski definition) is 2. The highest BCUT2D eigenvalue weighted by atomic mass is 19.1. The number of aromatic amines is 1. The molecular weight excluding hydrogens is 331 g/mol. The molecule has 1 fully saturated rings. The van der Waals surface area contributed by atoms with Crippen LogP contribution in [0.4, 0.5) is 10.3 Å². The van der Waals surface area contributed by atoms with Gasteiger partial charge in [0.2, 0.25) is 5.95 Å². The molecule has 2 aromatic heterocycles. The largest absolute Gasteiger partial charge is 0.351 e. The number of hydrogen-bond acceptors (Lipinski definition) is 5. The zero-order chi connectivity index (χ0) is 17.6. The van der Waals surface area contributed by atoms with Crippen molar-refractivity contribution in [2.24, 2.45) is 4.99 Å². The molecule has 4 heterocycles. The predicted molar refractivity (Wildman–Crippen MR) is 100 cm³/mol. The van der Waals surface area contributed by atoms with E-state index in [4.69, 9.17) is 0 Å². The summed E-state index contributed by atoms with van der Waals surface area (Å²) in [5, 5.41) is 3.97. The summed E-state index contributed by atoms with van der Waals surface area (Å²) in [7, 11) is 0. The van der Waals surface area contributed by atoms with E-state index in [-0.39, 0.29) is 6.54 Å². The number of fused-ring (bicyclic) bond motifs is 2. The van der Waals surface area contributed by atoms with E-state index in [0.717, 1.165) is 41.0 Å². The fraction of sp³-hybridized carbons (Fsp3) is 0.316. The Hall–Kier alpha value is -2.96. The first-order chi connectivity index (χ1) is 12.7. The van der Waals surface area contributed by atoms with E-state index in [1.807, 2.05) is 30.6 Å². The maximum absolute atomic E-state index is 14.1. The highest BCUT2D eigenvalue weighted by Gasteiger charge is 2.36. The number of anilines is 1. The lowest BCUT2D eigenvalue weighted by molar-refractivity contribution is 0.0782. The van der Waals surface area contributed by atoms with Crippen molar-refractivity contribution in [3.63, 3.8) is 0 Å². The number of H-pyrrole nitrogens is 1. The van der Waals surface area contributed by atoms with Gasteiger partial charge >= 0.3 is 0 Å². The Morgan fingerprint density at radius 3 is 3.08 bits per heavy atom. The summed E-state index contributed by atoms with van der Waals surface area (Å²) >= 11 is 0. The lowest BCUT2D eigenvalue weighted by atomic mass is 9.82. The molecule has 0 amide bonds. The summed E-state index contributed by atoms with van der Waals surface area (Å²) in [5.74, 6) is 1.40. The van der Waals surface area contributed by atoms with Crippen molar-refractivity contribution in [2.75, 3.05) is 18.4 Å². The molecule has 0 radical (unpaired) electrons. The zero-order valence-electron chi connectivity index (χ0n) is 14.2. The van der Waals surface area contributed by atoms with Crippen molar-refractivity contribution in [3.8, 4) is 0 Å². The smallest absolute Gasteiger partial charge is 0.224 e. The molecule has 26 heavy (non-hydrogen) atoms. The second-order valence-corrected chi connectivity index (χ2v) is 6.96. The quantitative estimate of drug-likeness (QED) is 0.887. The second-order valence-electron chi connectivity index (χ2n) is 6.96. The summed E-state index contributed by atoms with van der Waals surface area (Å²) in [6, 6.07) is 0. The highest BCUT2D eigenvalue weighted by molar-refractivity contribution is 6.03. The highest BCUT2D eigenvalue weighted by Crippen LogP contribution is 2.35. The SMILES string of the molecule is FC1(CNc2ncc3c(C4=CN5CC=CN=C5C=C4)c[nH]c3n2)CCC1. The van der Waals surface area contributed by atoms with Crippen LogP contribution in [0.15, 0.2) is 48.0 Å². The van der Waals surface area contributed by atoms with Gasteiger partial charge in [-0.1, -0.05) is 0 Å². The standard InChI is InChI=1S/C19H19FN6/c20-19(5-1-6-19)12-24-18-23-10-15-14(9-22-17(15)25-18)13-3-4-16-21-7-2-8-26(16)11-13/h2-4,7,9-11H,1,5-6,8,12H2,(H2,22,23,24,25). The average molecular weight is 350 g/mol. The van der Waals surface area contributed by atoms with Crippen LogP contribution in [0.2, 0.25) is 0 Å². The van der Waals surface area contributed by atoms with Crippen molar-refractivity contribution < 1.29 is 4.39 Å². The molecule has 2 N–H and O–H groups in total. The van der Waals surface area contributed by atoms with Gasteiger partial charge in [-0.25, -0.2) is 14.4 Å². The fourth-order valence-corrected chi connectivity index (χ4v) is 3.46. The van der Waals surface area contributed by atoms with E-state index >= 15 is 0 Å². The molecule has 2 aromatic rings. The molecule has 0 bridgehead atoms. The van der Waals surface area contributed by atoms with Gasteiger partial charge < -0.3 is 15.2 Å². The Kier molecular flexibility index (Phi) is 3.41. The fourth-order valence-electron chi connectivity index (χ4n) is 3.46. The number of aromatic nitrogens is 3. The van der Waals surface area contributed by atoms with Gasteiger partial charge in [0.1, 0.15) is 17.2 Å². The molecule has 7 heteroatoms. The van der Waals surface area contributed by atoms with Crippen LogP contribution in [0.3, 0.4) is 0 Å². The van der Waals surface area contributed by atoms with E-state index in [2.05, 4.69) is 36.4 Å². The number of nitrogens with zero attached hydrogens (tertiary/aromatic N) is 4. The van der Waals surface area contributed by atoms with Gasteiger partial charge in [0.25, 0.3) is 0 Å². The first-order valence-electron chi connectivity index (χ1n) is 8.87. The molecule has 132 valence electrons. The van der Waals surface area contributed by atoms with Gasteiger partial charge in [0.05, 0.1) is 6.54 Å². The van der Waals surface area contributed by atoms with Gasteiger partial charge in [-0.3, -0.25) is 0 Å². The van der Waals surface area contributed by atoms with Crippen LogP contribution in [0.25, 0.3) is 16.6 Å². The van der Waals surface area contributed by atoms with Gasteiger partial charge in [-0.05, 0) is 37.5 Å². The van der Waals surface area contributed by atoms with Gasteiger partial charge in [-0.2, -0.15) is 4.98 Å². The van der Waals surface area contributed by atoms with Gasteiger partial charge in [0, 0.05) is 47.9 Å². The van der Waals surface area contributed by atoms with E-state index in [9.17, 15) is 4.39 Å². The second kappa shape index (κ2) is 5.79. The number of halogens is 1. The van der Waals surface area contributed by atoms with Crippen molar-refractivity contribution in [1.82, 2.24) is 19.9 Å². The van der Waals surface area contributed by atoms with Crippen molar-refractivity contribution in [1.29, 1.82) is 0 Å². The van der Waals surface area contributed by atoms with Crippen LogP contribution in [0.5, 0.6) is 0 Å². The Labute approximate surface area is 150 Å². The Balaban J connectivity index is 1.40. The molecule has 0 atom stereocenters. The topological polar surface area (TPSA) is 69.2 Å². The molecule has 1 saturated carbocycles. The molecule has 0 saturated heterocycles. The Morgan fingerprint density at radius 1 is 1.31 bits per heavy atom. The third-order valence-corrected chi connectivity index (χ3v) is 5.17. The van der Waals surface area contributed by atoms with E-state index in [1.165, 1.54) is 0 Å². The third-order valence-electron chi connectivity index (χ3n) is 5.17.